The molecule has 0 aromatic carbocycles. The zero-order chi connectivity index (χ0) is 8.57. The molecule has 0 atom stereocenters. The average molecular weight is 249 g/mol. The van der Waals surface area contributed by atoms with E-state index in [-0.39, 0.29) is 43.4 Å². The molecule has 0 heterocycles. The second-order valence-electron chi connectivity index (χ2n) is 0.879. The van der Waals surface area contributed by atoms with Crippen LogP contribution in [0.15, 0.2) is 0 Å². The molecule has 12 heavy (non-hydrogen) atoms. The van der Waals surface area contributed by atoms with Gasteiger partial charge in [0.05, 0.1) is 6.61 Å². The van der Waals surface area contributed by atoms with E-state index < -0.39 is 10.2 Å². The predicted molar refractivity (Wildman–Crippen MR) is 37.3 cm³/mol. The van der Waals surface area contributed by atoms with Crippen LogP contribution in [-0.2, 0) is 24.3 Å². The summed E-state index contributed by atoms with van der Waals surface area (Å²) in [6, 6.07) is 0. The van der Waals surface area contributed by atoms with E-state index in [0.717, 1.165) is 0 Å². The molecule has 0 aliphatic heterocycles. The van der Waals surface area contributed by atoms with Gasteiger partial charge in [0.15, 0.2) is 17.4 Å². The van der Waals surface area contributed by atoms with E-state index in [2.05, 4.69) is 4.84 Å². The molecule has 0 amide bonds. The summed E-state index contributed by atoms with van der Waals surface area (Å²) in [5.74, 6) is 0. The molecule has 10 heteroatoms. The van der Waals surface area contributed by atoms with Crippen molar-refractivity contribution in [1.29, 1.82) is 0 Å². The quantitative estimate of drug-likeness (QED) is 0.369. The van der Waals surface area contributed by atoms with Gasteiger partial charge in [0.2, 0.25) is 0 Å². The summed E-state index contributed by atoms with van der Waals surface area (Å²) in [6.07, 6.45) is 0. The van der Waals surface area contributed by atoms with Gasteiger partial charge in [0.1, 0.15) is 0 Å². The Balaban J connectivity index is -0.0000000483. The topological polar surface area (TPSA) is 116 Å². The standard InChI is InChI=1S/C2H5NO3.Al.HNO3.Zn.3H/c1-2-6-3(4)5;;2-1(3)4;;;;/h2H2,1H3;;(H,2,3,4);;;;. The first kappa shape index (κ1) is 22.6. The van der Waals surface area contributed by atoms with Crippen LogP contribution in [0.25, 0.3) is 0 Å². The van der Waals surface area contributed by atoms with Crippen LogP contribution in [0.4, 0.5) is 0 Å². The summed E-state index contributed by atoms with van der Waals surface area (Å²) in [5, 5.41) is 22.0. The summed E-state index contributed by atoms with van der Waals surface area (Å²) >= 11 is 0. The Morgan fingerprint density at radius 2 is 1.67 bits per heavy atom. The van der Waals surface area contributed by atoms with Gasteiger partial charge in [-0.25, -0.2) is 0 Å². The maximum atomic E-state index is 9.18. The van der Waals surface area contributed by atoms with Crippen molar-refractivity contribution in [2.45, 2.75) is 6.92 Å². The van der Waals surface area contributed by atoms with Crippen LogP contribution in [-0.4, -0.2) is 39.3 Å². The van der Waals surface area contributed by atoms with Crippen LogP contribution in [0.3, 0.4) is 0 Å². The fraction of sp³-hybridized carbons (Fsp3) is 1.00. The van der Waals surface area contributed by atoms with Crippen LogP contribution in [0.1, 0.15) is 6.92 Å². The molecule has 0 aliphatic rings. The second kappa shape index (κ2) is 16.9. The summed E-state index contributed by atoms with van der Waals surface area (Å²) < 4.78 is 0. The maximum absolute atomic E-state index is 9.18. The van der Waals surface area contributed by atoms with E-state index in [1.54, 1.807) is 6.92 Å². The van der Waals surface area contributed by atoms with Crippen molar-refractivity contribution in [1.82, 2.24) is 0 Å². The van der Waals surface area contributed by atoms with Gasteiger partial charge in [-0.1, -0.05) is 0 Å². The van der Waals surface area contributed by atoms with Gasteiger partial charge < -0.3 is 10.0 Å². The molecular formula is C2H9AlN2O6Zn. The number of nitrogens with zero attached hydrogens (tertiary/aromatic N) is 2. The van der Waals surface area contributed by atoms with Gasteiger partial charge in [-0.05, 0) is 6.92 Å². The molecule has 0 bridgehead atoms. The molecule has 68 valence electrons. The number of hydrogen-bond donors (Lipinski definition) is 1. The summed E-state index contributed by atoms with van der Waals surface area (Å²) in [7, 11) is 0. The van der Waals surface area contributed by atoms with Crippen LogP contribution in [0.2, 0.25) is 0 Å². The molecule has 0 spiro atoms. The third kappa shape index (κ3) is 107. The van der Waals surface area contributed by atoms with Gasteiger partial charge in [-0.2, -0.15) is 0 Å². The third-order valence-corrected chi connectivity index (χ3v) is 0.235. The number of hydrogen-bond acceptors (Lipinski definition) is 5. The first-order chi connectivity index (χ1) is 4.50. The zero-order valence-corrected chi connectivity index (χ0v) is 8.76. The minimum atomic E-state index is -1.50. The summed E-state index contributed by atoms with van der Waals surface area (Å²) in [4.78, 5) is 21.3. The molecular weight excluding hydrogens is 240 g/mol. The van der Waals surface area contributed by atoms with Crippen LogP contribution >= 0.6 is 0 Å². The minimum Gasteiger partial charge on any atom is -0.328 e. The summed E-state index contributed by atoms with van der Waals surface area (Å²) in [6.45, 7) is 1.69. The fourth-order valence-electron chi connectivity index (χ4n) is 0.105. The first-order valence-corrected chi connectivity index (χ1v) is 2.11. The first-order valence-electron chi connectivity index (χ1n) is 2.11. The number of rotatable bonds is 2. The largest absolute Gasteiger partial charge is 0.328 e. The van der Waals surface area contributed by atoms with Gasteiger partial charge in [-0.3, -0.25) is 0 Å². The zero-order valence-electron chi connectivity index (χ0n) is 5.80. The van der Waals surface area contributed by atoms with Crippen molar-refractivity contribution < 1.29 is 39.7 Å². The molecule has 0 radical (unpaired) electrons. The van der Waals surface area contributed by atoms with E-state index in [0.29, 0.717) is 0 Å². The van der Waals surface area contributed by atoms with Gasteiger partial charge >= 0.3 is 0 Å². The van der Waals surface area contributed by atoms with Gasteiger partial charge in [-0.15, -0.1) is 20.2 Å². The third-order valence-electron chi connectivity index (χ3n) is 0.235. The molecule has 1 N–H and O–H groups in total. The molecule has 0 aromatic rings. The molecule has 0 unspecified atom stereocenters. The van der Waals surface area contributed by atoms with Crippen molar-refractivity contribution >= 4 is 17.4 Å². The molecule has 0 saturated heterocycles. The van der Waals surface area contributed by atoms with Crippen molar-refractivity contribution in [2.24, 2.45) is 0 Å². The normalized spacial score (nSPS) is 5.75. The SMILES string of the molecule is CCO[N+](=O)[O-].O=[N+]([O-])O.[AlH3].[Zn]. The predicted octanol–water partition coefficient (Wildman–Crippen LogP) is -1.32. The average Bonchev–Trinajstić information content (AvgIpc) is 1.62. The monoisotopic (exact) mass is 248 g/mol. The van der Waals surface area contributed by atoms with Crippen molar-refractivity contribution in [3.05, 3.63) is 20.2 Å². The Kier molecular flexibility index (Phi) is 31.7. The second-order valence-corrected chi connectivity index (χ2v) is 0.879. The van der Waals surface area contributed by atoms with E-state index in [1.807, 2.05) is 0 Å². The minimum absolute atomic E-state index is 0. The molecule has 0 aromatic heterocycles. The fourth-order valence-corrected chi connectivity index (χ4v) is 0.105. The smallest absolute Gasteiger partial charge is 0.294 e. The van der Waals surface area contributed by atoms with Gasteiger partial charge in [0.25, 0.3) is 10.2 Å². The molecule has 0 rings (SSSR count). The van der Waals surface area contributed by atoms with Crippen LogP contribution in [0, 0.1) is 20.2 Å². The van der Waals surface area contributed by atoms with Crippen molar-refractivity contribution in [2.75, 3.05) is 6.61 Å². The van der Waals surface area contributed by atoms with Crippen LogP contribution in [0.5, 0.6) is 0 Å². The summed E-state index contributed by atoms with van der Waals surface area (Å²) in [5.41, 5.74) is 0. The molecule has 0 fully saturated rings. The van der Waals surface area contributed by atoms with E-state index in [1.165, 1.54) is 0 Å². The molecule has 0 saturated carbocycles. The van der Waals surface area contributed by atoms with E-state index >= 15 is 0 Å². The Morgan fingerprint density at radius 3 is 1.67 bits per heavy atom. The Bertz CT molecular complexity index is 118. The molecule has 0 aliphatic carbocycles. The Morgan fingerprint density at radius 1 is 1.42 bits per heavy atom. The maximum Gasteiger partial charge on any atom is 0.294 e. The van der Waals surface area contributed by atoms with E-state index in [9.17, 15) is 10.1 Å². The van der Waals surface area contributed by atoms with Crippen molar-refractivity contribution in [3.8, 4) is 0 Å². The van der Waals surface area contributed by atoms with E-state index in [4.69, 9.17) is 15.3 Å². The van der Waals surface area contributed by atoms with Gasteiger partial charge in [0, 0.05) is 19.5 Å². The van der Waals surface area contributed by atoms with Crippen LogP contribution < -0.4 is 0 Å². The Hall–Kier alpha value is -0.444. The van der Waals surface area contributed by atoms with Crippen molar-refractivity contribution in [3.63, 3.8) is 0 Å². The molecule has 8 nitrogen and oxygen atoms in total. The Labute approximate surface area is 91.0 Å².